The normalized spacial score (nSPS) is 32.1. The zero-order valence-corrected chi connectivity index (χ0v) is 12.9. The quantitative estimate of drug-likeness (QED) is 0.500. The van der Waals surface area contributed by atoms with Crippen molar-refractivity contribution in [3.63, 3.8) is 0 Å². The van der Waals surface area contributed by atoms with Crippen LogP contribution in [0.2, 0.25) is 0 Å². The first-order chi connectivity index (χ1) is 10.8. The number of nitrogens with two attached hydrogens (primary N) is 1. The van der Waals surface area contributed by atoms with Crippen molar-refractivity contribution in [2.24, 2.45) is 10.7 Å². The van der Waals surface area contributed by atoms with E-state index in [4.69, 9.17) is 29.4 Å². The summed E-state index contributed by atoms with van der Waals surface area (Å²) in [7, 11) is 0. The van der Waals surface area contributed by atoms with Gasteiger partial charge in [0.25, 0.3) is 6.02 Å². The molecule has 0 aromatic heterocycles. The van der Waals surface area contributed by atoms with Crippen LogP contribution in [0, 0.1) is 0 Å². The Morgan fingerprint density at radius 1 is 1.09 bits per heavy atom. The molecule has 10 heteroatoms. The van der Waals surface area contributed by atoms with Gasteiger partial charge in [-0.05, 0) is 0 Å². The Kier molecular flexibility index (Phi) is 5.04. The summed E-state index contributed by atoms with van der Waals surface area (Å²) in [6.45, 7) is 3.42. The van der Waals surface area contributed by atoms with Crippen LogP contribution >= 0.6 is 0 Å². The van der Waals surface area contributed by atoms with E-state index < -0.39 is 48.6 Å². The molecule has 2 N–H and O–H groups in total. The van der Waals surface area contributed by atoms with E-state index in [0.29, 0.717) is 0 Å². The second-order valence-electron chi connectivity index (χ2n) is 5.07. The van der Waals surface area contributed by atoms with Crippen LogP contribution in [0.5, 0.6) is 0 Å². The van der Waals surface area contributed by atoms with Crippen molar-refractivity contribution in [3.8, 4) is 0 Å². The number of rotatable bonds is 4. The lowest BCUT2D eigenvalue weighted by Crippen LogP contribution is -2.60. The van der Waals surface area contributed by atoms with Crippen molar-refractivity contribution in [1.29, 1.82) is 0 Å². The summed E-state index contributed by atoms with van der Waals surface area (Å²) in [5, 5.41) is 0. The van der Waals surface area contributed by atoms with Crippen molar-refractivity contribution >= 4 is 23.9 Å². The third-order valence-corrected chi connectivity index (χ3v) is 3.18. The van der Waals surface area contributed by atoms with E-state index in [1.807, 2.05) is 0 Å². The summed E-state index contributed by atoms with van der Waals surface area (Å²) in [5.41, 5.74) is 5.52. The molecule has 0 aromatic carbocycles. The minimum absolute atomic E-state index is 0.133. The second kappa shape index (κ2) is 6.82. The zero-order chi connectivity index (χ0) is 17.1. The van der Waals surface area contributed by atoms with Crippen LogP contribution in [0.15, 0.2) is 4.99 Å². The molecule has 2 aliphatic rings. The van der Waals surface area contributed by atoms with Crippen molar-refractivity contribution in [2.75, 3.05) is 6.61 Å². The fourth-order valence-corrected chi connectivity index (χ4v) is 2.42. The van der Waals surface area contributed by atoms with Gasteiger partial charge in [0.2, 0.25) is 6.29 Å². The number of hydrogen-bond donors (Lipinski definition) is 1. The maximum Gasteiger partial charge on any atom is 0.303 e. The third-order valence-electron chi connectivity index (χ3n) is 3.18. The number of nitrogens with zero attached hydrogens (tertiary/aromatic N) is 1. The van der Waals surface area contributed by atoms with Crippen LogP contribution in [0.3, 0.4) is 0 Å². The molecule has 23 heavy (non-hydrogen) atoms. The van der Waals surface area contributed by atoms with Crippen LogP contribution in [0.25, 0.3) is 0 Å². The number of aliphatic imine (C=N–C) groups is 1. The first kappa shape index (κ1) is 17.0. The summed E-state index contributed by atoms with van der Waals surface area (Å²) in [6, 6.07) is -0.913. The maximum absolute atomic E-state index is 11.4. The SMILES string of the molecule is CC(=O)OCC1OC2OC(N)=NC2C(OC(C)=O)C1OC(C)=O. The highest BCUT2D eigenvalue weighted by Gasteiger charge is 2.53. The predicted octanol–water partition coefficient (Wildman–Crippen LogP) is -1.15. The fourth-order valence-electron chi connectivity index (χ4n) is 2.42. The fraction of sp³-hybridized carbons (Fsp3) is 0.692. The first-order valence-electron chi connectivity index (χ1n) is 6.91. The maximum atomic E-state index is 11.4. The summed E-state index contributed by atoms with van der Waals surface area (Å²) >= 11 is 0. The number of esters is 3. The molecule has 0 aromatic rings. The summed E-state index contributed by atoms with van der Waals surface area (Å²) in [4.78, 5) is 37.8. The van der Waals surface area contributed by atoms with Gasteiger partial charge in [-0.15, -0.1) is 0 Å². The summed E-state index contributed by atoms with van der Waals surface area (Å²) in [5.74, 6) is -1.75. The lowest BCUT2D eigenvalue weighted by atomic mass is 9.97. The number of amidine groups is 1. The molecular weight excluding hydrogens is 312 g/mol. The van der Waals surface area contributed by atoms with Gasteiger partial charge in [-0.3, -0.25) is 14.4 Å². The van der Waals surface area contributed by atoms with E-state index in [0.717, 1.165) is 0 Å². The van der Waals surface area contributed by atoms with Gasteiger partial charge in [0.15, 0.2) is 18.2 Å². The largest absolute Gasteiger partial charge is 0.463 e. The first-order valence-corrected chi connectivity index (χ1v) is 6.91. The van der Waals surface area contributed by atoms with Gasteiger partial charge in [-0.1, -0.05) is 0 Å². The third kappa shape index (κ3) is 4.09. The van der Waals surface area contributed by atoms with E-state index in [-0.39, 0.29) is 12.6 Å². The minimum atomic E-state index is -1.02. The molecule has 0 saturated carbocycles. The molecule has 0 spiro atoms. The van der Waals surface area contributed by atoms with E-state index in [9.17, 15) is 14.4 Å². The summed E-state index contributed by atoms with van der Waals surface area (Å²) in [6.07, 6.45) is -3.81. The highest BCUT2D eigenvalue weighted by atomic mass is 16.7. The topological polar surface area (TPSA) is 136 Å². The van der Waals surface area contributed by atoms with Crippen LogP contribution in [0.1, 0.15) is 20.8 Å². The number of ether oxygens (including phenoxy) is 5. The van der Waals surface area contributed by atoms with Crippen molar-refractivity contribution in [2.45, 2.75) is 51.4 Å². The monoisotopic (exact) mass is 330 g/mol. The Bertz CT molecular complexity index is 534. The van der Waals surface area contributed by atoms with E-state index in [2.05, 4.69) is 4.99 Å². The van der Waals surface area contributed by atoms with Gasteiger partial charge < -0.3 is 29.4 Å². The van der Waals surface area contributed by atoms with Crippen molar-refractivity contribution in [1.82, 2.24) is 0 Å². The molecule has 1 fully saturated rings. The van der Waals surface area contributed by atoms with Crippen LogP contribution in [-0.2, 0) is 38.1 Å². The standard InChI is InChI=1S/C13H18N2O8/c1-5(16)19-4-8-10(20-6(2)17)11(21-7(3)18)9-12(22-8)23-13(14)15-9/h8-12H,4H2,1-3H3,(H2,14,15). The van der Waals surface area contributed by atoms with Crippen LogP contribution in [0.4, 0.5) is 0 Å². The molecule has 5 unspecified atom stereocenters. The molecule has 1 saturated heterocycles. The number of carbonyl (C=O) groups is 3. The number of carbonyl (C=O) groups excluding carboxylic acids is 3. The highest BCUT2D eigenvalue weighted by molar-refractivity contribution is 5.74. The van der Waals surface area contributed by atoms with Gasteiger partial charge in [-0.25, -0.2) is 4.99 Å². The van der Waals surface area contributed by atoms with Gasteiger partial charge in [0.1, 0.15) is 12.7 Å². The Balaban J connectivity index is 2.26. The number of hydrogen-bond acceptors (Lipinski definition) is 10. The lowest BCUT2D eigenvalue weighted by Gasteiger charge is -2.40. The average Bonchev–Trinajstić information content (AvgIpc) is 2.78. The molecule has 0 radical (unpaired) electrons. The molecule has 5 atom stereocenters. The molecule has 0 aliphatic carbocycles. The molecule has 0 amide bonds. The van der Waals surface area contributed by atoms with Gasteiger partial charge in [0.05, 0.1) is 0 Å². The van der Waals surface area contributed by atoms with Crippen molar-refractivity contribution in [3.05, 3.63) is 0 Å². The number of fused-ring (bicyclic) bond motifs is 1. The molecule has 2 heterocycles. The smallest absolute Gasteiger partial charge is 0.303 e. The highest BCUT2D eigenvalue weighted by Crippen LogP contribution is 2.32. The Labute approximate surface area is 131 Å². The molecular formula is C13H18N2O8. The van der Waals surface area contributed by atoms with Gasteiger partial charge >= 0.3 is 17.9 Å². The lowest BCUT2D eigenvalue weighted by molar-refractivity contribution is -0.249. The minimum Gasteiger partial charge on any atom is -0.463 e. The van der Waals surface area contributed by atoms with Gasteiger partial charge in [0, 0.05) is 20.8 Å². The predicted molar refractivity (Wildman–Crippen MR) is 72.9 cm³/mol. The molecule has 128 valence electrons. The van der Waals surface area contributed by atoms with Crippen molar-refractivity contribution < 1.29 is 38.1 Å². The molecule has 2 rings (SSSR count). The second-order valence-corrected chi connectivity index (χ2v) is 5.07. The van der Waals surface area contributed by atoms with E-state index in [1.165, 1.54) is 20.8 Å². The van der Waals surface area contributed by atoms with Crippen LogP contribution in [-0.4, -0.2) is 61.2 Å². The zero-order valence-electron chi connectivity index (χ0n) is 12.9. The van der Waals surface area contributed by atoms with E-state index in [1.54, 1.807) is 0 Å². The molecule has 2 aliphatic heterocycles. The van der Waals surface area contributed by atoms with Crippen LogP contribution < -0.4 is 5.73 Å². The average molecular weight is 330 g/mol. The summed E-state index contributed by atoms with van der Waals surface area (Å²) < 4.78 is 26.1. The van der Waals surface area contributed by atoms with Gasteiger partial charge in [-0.2, -0.15) is 0 Å². The molecule has 0 bridgehead atoms. The Hall–Kier alpha value is -2.36. The Morgan fingerprint density at radius 2 is 1.70 bits per heavy atom. The Morgan fingerprint density at radius 3 is 2.26 bits per heavy atom. The molecule has 10 nitrogen and oxygen atoms in total. The van der Waals surface area contributed by atoms with E-state index >= 15 is 0 Å².